The molecule has 0 radical (unpaired) electrons. The Morgan fingerprint density at radius 3 is 2.53 bits per heavy atom. The van der Waals surface area contributed by atoms with Crippen LogP contribution in [0.1, 0.15) is 23.2 Å². The van der Waals surface area contributed by atoms with Gasteiger partial charge < -0.3 is 15.1 Å². The summed E-state index contributed by atoms with van der Waals surface area (Å²) < 4.78 is 40.8. The van der Waals surface area contributed by atoms with Gasteiger partial charge in [-0.05, 0) is 37.6 Å². The standard InChI is InChI=1S/C27H33F3N6O2/c1-17-5-4-6-21-24(17)35(12-11-34-9-7-31-8-10-34)16-19-14-23(37)36(25(19)26(38)33(21)3)22-15-20(27(28,29)30)13-18(2)32-22/h4-6,13,15,19,25,31H,7-12,14,16H2,1-3H3/t19-,25+/m1/s1. The number of hydrogen-bond donors (Lipinski definition) is 1. The van der Waals surface area contributed by atoms with Gasteiger partial charge in [0, 0.05) is 70.9 Å². The molecule has 3 aliphatic rings. The number of amides is 2. The molecule has 11 heteroatoms. The second-order valence-corrected chi connectivity index (χ2v) is 10.4. The molecule has 2 amide bonds. The predicted molar refractivity (Wildman–Crippen MR) is 139 cm³/mol. The molecule has 0 spiro atoms. The van der Waals surface area contributed by atoms with Crippen LogP contribution < -0.4 is 20.0 Å². The number of aromatic nitrogens is 1. The van der Waals surface area contributed by atoms with Gasteiger partial charge in [0.05, 0.1) is 16.9 Å². The number of hydrogen-bond acceptors (Lipinski definition) is 6. The Hall–Kier alpha value is -3.18. The lowest BCUT2D eigenvalue weighted by Gasteiger charge is -2.40. The summed E-state index contributed by atoms with van der Waals surface area (Å²) in [6, 6.07) is 6.66. The second-order valence-electron chi connectivity index (χ2n) is 10.4. The number of rotatable bonds is 4. The maximum atomic E-state index is 13.9. The molecule has 0 saturated carbocycles. The van der Waals surface area contributed by atoms with Crippen molar-refractivity contribution < 1.29 is 22.8 Å². The van der Waals surface area contributed by atoms with E-state index in [1.807, 2.05) is 25.1 Å². The minimum absolute atomic E-state index is 0.0621. The fourth-order valence-corrected chi connectivity index (χ4v) is 5.90. The first-order chi connectivity index (χ1) is 18.0. The highest BCUT2D eigenvalue weighted by Gasteiger charge is 2.49. The minimum Gasteiger partial charge on any atom is -0.368 e. The number of carbonyl (C=O) groups is 2. The normalized spacial score (nSPS) is 22.8. The third kappa shape index (κ3) is 4.96. The van der Waals surface area contributed by atoms with Crippen LogP contribution in [0.3, 0.4) is 0 Å². The summed E-state index contributed by atoms with van der Waals surface area (Å²) in [7, 11) is 1.67. The maximum absolute atomic E-state index is 13.9. The maximum Gasteiger partial charge on any atom is 0.416 e. The number of piperazine rings is 1. The van der Waals surface area contributed by atoms with E-state index in [2.05, 4.69) is 20.1 Å². The van der Waals surface area contributed by atoms with E-state index < -0.39 is 29.6 Å². The van der Waals surface area contributed by atoms with Crippen molar-refractivity contribution in [2.24, 2.45) is 5.92 Å². The topological polar surface area (TPSA) is 72.0 Å². The lowest BCUT2D eigenvalue weighted by atomic mass is 9.95. The monoisotopic (exact) mass is 530 g/mol. The molecule has 1 N–H and O–H groups in total. The Morgan fingerprint density at radius 1 is 1.08 bits per heavy atom. The number of fused-ring (bicyclic) bond motifs is 2. The number of para-hydroxylation sites is 1. The molecule has 0 aliphatic carbocycles. The average molecular weight is 531 g/mol. The van der Waals surface area contributed by atoms with E-state index in [1.54, 1.807) is 11.9 Å². The van der Waals surface area contributed by atoms with Crippen LogP contribution in [0.4, 0.5) is 30.4 Å². The molecule has 2 atom stereocenters. The molecular formula is C27H33F3N6O2. The summed E-state index contributed by atoms with van der Waals surface area (Å²) in [4.78, 5) is 38.9. The van der Waals surface area contributed by atoms with E-state index in [0.29, 0.717) is 13.1 Å². The van der Waals surface area contributed by atoms with E-state index in [9.17, 15) is 22.8 Å². The second kappa shape index (κ2) is 10.2. The van der Waals surface area contributed by atoms with Crippen LogP contribution >= 0.6 is 0 Å². The van der Waals surface area contributed by atoms with Gasteiger partial charge in [0.15, 0.2) is 0 Å². The summed E-state index contributed by atoms with van der Waals surface area (Å²) in [6.45, 7) is 9.21. The Morgan fingerprint density at radius 2 is 1.82 bits per heavy atom. The average Bonchev–Trinajstić information content (AvgIpc) is 3.20. The number of nitrogens with one attached hydrogen (secondary N) is 1. The molecule has 8 nitrogen and oxygen atoms in total. The highest BCUT2D eigenvalue weighted by molar-refractivity contribution is 6.10. The van der Waals surface area contributed by atoms with Gasteiger partial charge in [-0.25, -0.2) is 4.98 Å². The first kappa shape index (κ1) is 26.4. The lowest BCUT2D eigenvalue weighted by molar-refractivity contribution is -0.137. The molecule has 2 aromatic rings. The number of benzene rings is 1. The highest BCUT2D eigenvalue weighted by atomic mass is 19.4. The molecule has 1 aromatic carbocycles. The molecule has 2 fully saturated rings. The van der Waals surface area contributed by atoms with E-state index >= 15 is 0 Å². The molecule has 204 valence electrons. The highest BCUT2D eigenvalue weighted by Crippen LogP contribution is 2.41. The Bertz CT molecular complexity index is 1230. The fraction of sp³-hybridized carbons (Fsp3) is 0.519. The summed E-state index contributed by atoms with van der Waals surface area (Å²) in [5, 5.41) is 3.36. The summed E-state index contributed by atoms with van der Waals surface area (Å²) >= 11 is 0. The van der Waals surface area contributed by atoms with Gasteiger partial charge in [-0.15, -0.1) is 0 Å². The van der Waals surface area contributed by atoms with Gasteiger partial charge in [0.2, 0.25) is 11.8 Å². The molecule has 1 aromatic heterocycles. The van der Waals surface area contributed by atoms with Gasteiger partial charge in [0.25, 0.3) is 0 Å². The van der Waals surface area contributed by atoms with Gasteiger partial charge in [-0.3, -0.25) is 19.4 Å². The molecule has 0 unspecified atom stereocenters. The molecule has 3 aliphatic heterocycles. The number of pyridine rings is 1. The van der Waals surface area contributed by atoms with Crippen molar-refractivity contribution in [2.45, 2.75) is 32.5 Å². The zero-order valence-electron chi connectivity index (χ0n) is 21.9. The van der Waals surface area contributed by atoms with Gasteiger partial charge in [-0.2, -0.15) is 13.2 Å². The molecule has 38 heavy (non-hydrogen) atoms. The number of likely N-dealkylation sites (N-methyl/N-ethyl adjacent to an activating group) is 1. The van der Waals surface area contributed by atoms with Crippen LogP contribution in [0.15, 0.2) is 30.3 Å². The summed E-state index contributed by atoms with van der Waals surface area (Å²) in [5.41, 5.74) is 1.95. The fourth-order valence-electron chi connectivity index (χ4n) is 5.90. The predicted octanol–water partition coefficient (Wildman–Crippen LogP) is 2.83. The zero-order valence-corrected chi connectivity index (χ0v) is 21.9. The minimum atomic E-state index is -4.59. The first-order valence-corrected chi connectivity index (χ1v) is 13.0. The third-order valence-corrected chi connectivity index (χ3v) is 7.77. The Labute approximate surface area is 220 Å². The van der Waals surface area contributed by atoms with E-state index in [-0.39, 0.29) is 23.8 Å². The largest absolute Gasteiger partial charge is 0.416 e. The van der Waals surface area contributed by atoms with Crippen molar-refractivity contribution in [2.75, 3.05) is 67.6 Å². The van der Waals surface area contributed by atoms with Gasteiger partial charge in [-0.1, -0.05) is 12.1 Å². The molecule has 0 bridgehead atoms. The number of carbonyl (C=O) groups excluding carboxylic acids is 2. The number of anilines is 3. The van der Waals surface area contributed by atoms with Crippen LogP contribution in [-0.4, -0.2) is 80.6 Å². The Balaban J connectivity index is 1.53. The van der Waals surface area contributed by atoms with Crippen molar-refractivity contribution >= 4 is 29.0 Å². The van der Waals surface area contributed by atoms with Crippen molar-refractivity contribution in [3.63, 3.8) is 0 Å². The lowest BCUT2D eigenvalue weighted by Crippen LogP contribution is -2.53. The molecular weight excluding hydrogens is 497 g/mol. The van der Waals surface area contributed by atoms with Crippen molar-refractivity contribution in [3.8, 4) is 0 Å². The third-order valence-electron chi connectivity index (χ3n) is 7.77. The molecule has 5 rings (SSSR count). The summed E-state index contributed by atoms with van der Waals surface area (Å²) in [6.07, 6.45) is -4.53. The van der Waals surface area contributed by atoms with E-state index in [4.69, 9.17) is 0 Å². The van der Waals surface area contributed by atoms with Crippen molar-refractivity contribution in [1.82, 2.24) is 15.2 Å². The number of aryl methyl sites for hydroxylation is 2. The molecule has 4 heterocycles. The number of halogens is 3. The van der Waals surface area contributed by atoms with Gasteiger partial charge in [0.1, 0.15) is 11.9 Å². The SMILES string of the molecule is Cc1cc(C(F)(F)F)cc(N2C(=O)C[C@@H]3CN(CCN4CCNCC4)c4c(C)cccc4N(C)C(=O)[C@H]32)n1. The smallest absolute Gasteiger partial charge is 0.368 e. The van der Waals surface area contributed by atoms with Crippen molar-refractivity contribution in [1.29, 1.82) is 0 Å². The Kier molecular flexibility index (Phi) is 7.08. The number of nitrogens with zero attached hydrogens (tertiary/aromatic N) is 5. The van der Waals surface area contributed by atoms with Gasteiger partial charge >= 0.3 is 6.18 Å². The van der Waals surface area contributed by atoms with Crippen LogP contribution in [-0.2, 0) is 15.8 Å². The van der Waals surface area contributed by atoms with Crippen molar-refractivity contribution in [3.05, 3.63) is 47.2 Å². The van der Waals surface area contributed by atoms with E-state index in [1.165, 1.54) is 11.8 Å². The zero-order chi connectivity index (χ0) is 27.2. The van der Waals surface area contributed by atoms with Crippen LogP contribution in [0.25, 0.3) is 0 Å². The first-order valence-electron chi connectivity index (χ1n) is 13.0. The van der Waals surface area contributed by atoms with Crippen LogP contribution in [0, 0.1) is 19.8 Å². The summed E-state index contributed by atoms with van der Waals surface area (Å²) in [5.74, 6) is -1.25. The quantitative estimate of drug-likeness (QED) is 0.656. The molecule has 2 saturated heterocycles. The number of alkyl halides is 3. The van der Waals surface area contributed by atoms with Crippen LogP contribution in [0.2, 0.25) is 0 Å². The van der Waals surface area contributed by atoms with E-state index in [0.717, 1.165) is 61.8 Å². The van der Waals surface area contributed by atoms with Crippen LogP contribution in [0.5, 0.6) is 0 Å².